The van der Waals surface area contributed by atoms with Gasteiger partial charge in [-0.3, -0.25) is 19.3 Å². The molecule has 0 unspecified atom stereocenters. The van der Waals surface area contributed by atoms with Crippen LogP contribution < -0.4 is 4.74 Å². The SMILES string of the molecule is CCOC(=O)CN1C(=O)S/C(=C/c2ccc(OCc3ccc(Br)cc3)cc2)C1=O. The maximum atomic E-state index is 12.4. The molecule has 1 saturated heterocycles. The van der Waals surface area contributed by atoms with E-state index in [0.29, 0.717) is 12.4 Å². The van der Waals surface area contributed by atoms with Crippen molar-refractivity contribution in [3.63, 3.8) is 0 Å². The Morgan fingerprint density at radius 3 is 2.45 bits per heavy atom. The number of hydrogen-bond acceptors (Lipinski definition) is 6. The molecule has 1 aliphatic rings. The first kappa shape index (κ1) is 21.1. The topological polar surface area (TPSA) is 72.9 Å². The second-order valence-electron chi connectivity index (χ2n) is 6.06. The van der Waals surface area contributed by atoms with Crippen LogP contribution in [0.25, 0.3) is 6.08 Å². The fourth-order valence-corrected chi connectivity index (χ4v) is 3.63. The molecule has 1 aliphatic heterocycles. The zero-order valence-electron chi connectivity index (χ0n) is 15.6. The van der Waals surface area contributed by atoms with Crippen LogP contribution in [0.5, 0.6) is 5.75 Å². The lowest BCUT2D eigenvalue weighted by Gasteiger charge is -2.10. The Bertz CT molecular complexity index is 941. The molecule has 1 fully saturated rings. The molecule has 2 aromatic rings. The van der Waals surface area contributed by atoms with Crippen LogP contribution in [-0.2, 0) is 20.9 Å². The first-order valence-electron chi connectivity index (χ1n) is 8.84. The van der Waals surface area contributed by atoms with Gasteiger partial charge in [-0.25, -0.2) is 0 Å². The Hall–Kier alpha value is -2.58. The number of halogens is 1. The van der Waals surface area contributed by atoms with Crippen molar-refractivity contribution in [1.29, 1.82) is 0 Å². The summed E-state index contributed by atoms with van der Waals surface area (Å²) < 4.78 is 11.6. The van der Waals surface area contributed by atoms with Crippen LogP contribution >= 0.6 is 27.7 Å². The van der Waals surface area contributed by atoms with E-state index in [1.54, 1.807) is 37.3 Å². The highest BCUT2D eigenvalue weighted by Crippen LogP contribution is 2.32. The molecule has 0 radical (unpaired) electrons. The molecular weight excluding hydrogens is 458 g/mol. The van der Waals surface area contributed by atoms with Gasteiger partial charge in [-0.1, -0.05) is 40.2 Å². The highest BCUT2D eigenvalue weighted by Gasteiger charge is 2.36. The maximum absolute atomic E-state index is 12.4. The van der Waals surface area contributed by atoms with Crippen molar-refractivity contribution in [3.05, 3.63) is 69.0 Å². The molecule has 8 heteroatoms. The van der Waals surface area contributed by atoms with E-state index >= 15 is 0 Å². The monoisotopic (exact) mass is 475 g/mol. The Balaban J connectivity index is 1.61. The summed E-state index contributed by atoms with van der Waals surface area (Å²) in [6.07, 6.45) is 1.62. The Morgan fingerprint density at radius 1 is 1.10 bits per heavy atom. The minimum atomic E-state index is -0.608. The maximum Gasteiger partial charge on any atom is 0.326 e. The third-order valence-corrected chi connectivity index (χ3v) is 5.40. The summed E-state index contributed by atoms with van der Waals surface area (Å²) in [5, 5.41) is -0.483. The highest BCUT2D eigenvalue weighted by atomic mass is 79.9. The molecule has 0 atom stereocenters. The second-order valence-corrected chi connectivity index (χ2v) is 7.97. The molecule has 29 heavy (non-hydrogen) atoms. The molecule has 1 heterocycles. The number of imide groups is 1. The number of esters is 1. The van der Waals surface area contributed by atoms with Gasteiger partial charge in [0, 0.05) is 4.47 Å². The zero-order chi connectivity index (χ0) is 20.8. The lowest BCUT2D eigenvalue weighted by atomic mass is 10.2. The molecule has 3 rings (SSSR count). The number of hydrogen-bond donors (Lipinski definition) is 0. The van der Waals surface area contributed by atoms with E-state index in [1.165, 1.54) is 0 Å². The van der Waals surface area contributed by atoms with E-state index < -0.39 is 17.1 Å². The van der Waals surface area contributed by atoms with Crippen LogP contribution in [0.15, 0.2) is 57.9 Å². The number of rotatable bonds is 7. The van der Waals surface area contributed by atoms with Crippen LogP contribution in [0.1, 0.15) is 18.1 Å². The standard InChI is InChI=1S/C21H18BrNO5S/c1-2-27-19(24)12-23-20(25)18(29-21(23)26)11-14-5-9-17(10-6-14)28-13-15-3-7-16(22)8-4-15/h3-11H,2,12-13H2,1H3/b18-11+. The van der Waals surface area contributed by atoms with Crippen molar-refractivity contribution < 1.29 is 23.9 Å². The molecule has 0 bridgehead atoms. The van der Waals surface area contributed by atoms with Crippen molar-refractivity contribution in [2.24, 2.45) is 0 Å². The summed E-state index contributed by atoms with van der Waals surface area (Å²) in [5.74, 6) is -0.410. The fraction of sp³-hybridized carbons (Fsp3) is 0.190. The third kappa shape index (κ3) is 5.71. The fourth-order valence-electron chi connectivity index (χ4n) is 2.53. The van der Waals surface area contributed by atoms with Crippen molar-refractivity contribution >= 4 is 50.9 Å². The van der Waals surface area contributed by atoms with E-state index in [-0.39, 0.29) is 18.1 Å². The number of carbonyl (C=O) groups excluding carboxylic acids is 3. The highest BCUT2D eigenvalue weighted by molar-refractivity contribution is 9.10. The Kier molecular flexibility index (Phi) is 7.11. The van der Waals surface area contributed by atoms with Gasteiger partial charge in [0.2, 0.25) is 0 Å². The second kappa shape index (κ2) is 9.76. The predicted molar refractivity (Wildman–Crippen MR) is 114 cm³/mol. The molecule has 2 amide bonds. The summed E-state index contributed by atoms with van der Waals surface area (Å²) in [6.45, 7) is 1.93. The van der Waals surface area contributed by atoms with E-state index in [4.69, 9.17) is 9.47 Å². The van der Waals surface area contributed by atoms with Crippen molar-refractivity contribution in [1.82, 2.24) is 4.90 Å². The molecule has 0 spiro atoms. The number of nitrogens with zero attached hydrogens (tertiary/aromatic N) is 1. The van der Waals surface area contributed by atoms with Gasteiger partial charge >= 0.3 is 5.97 Å². The lowest BCUT2D eigenvalue weighted by Crippen LogP contribution is -2.34. The smallest absolute Gasteiger partial charge is 0.326 e. The van der Waals surface area contributed by atoms with E-state index in [0.717, 1.165) is 32.3 Å². The lowest BCUT2D eigenvalue weighted by molar-refractivity contribution is -0.145. The summed E-state index contributed by atoms with van der Waals surface area (Å²) in [6, 6.07) is 15.1. The zero-order valence-corrected chi connectivity index (χ0v) is 18.0. The van der Waals surface area contributed by atoms with Crippen molar-refractivity contribution in [2.75, 3.05) is 13.2 Å². The molecule has 6 nitrogen and oxygen atoms in total. The van der Waals surface area contributed by atoms with Gasteiger partial charge in [0.05, 0.1) is 11.5 Å². The molecule has 0 aromatic heterocycles. The largest absolute Gasteiger partial charge is 0.489 e. The van der Waals surface area contributed by atoms with Gasteiger partial charge in [-0.2, -0.15) is 0 Å². The Morgan fingerprint density at radius 2 is 1.79 bits per heavy atom. The van der Waals surface area contributed by atoms with Crippen molar-refractivity contribution in [3.8, 4) is 5.75 Å². The number of carbonyl (C=O) groups is 3. The minimum absolute atomic E-state index is 0.196. The summed E-state index contributed by atoms with van der Waals surface area (Å²) in [7, 11) is 0. The Labute approximate surface area is 181 Å². The van der Waals surface area contributed by atoms with E-state index in [1.807, 2.05) is 24.3 Å². The summed E-state index contributed by atoms with van der Waals surface area (Å²) in [5.41, 5.74) is 1.80. The van der Waals surface area contributed by atoms with Crippen LogP contribution in [0, 0.1) is 0 Å². The van der Waals surface area contributed by atoms with Crippen LogP contribution in [0.3, 0.4) is 0 Å². The molecule has 0 N–H and O–H groups in total. The molecule has 150 valence electrons. The van der Waals surface area contributed by atoms with Gasteiger partial charge in [0.15, 0.2) is 0 Å². The van der Waals surface area contributed by atoms with Crippen LogP contribution in [0.2, 0.25) is 0 Å². The normalized spacial score (nSPS) is 15.1. The quantitative estimate of drug-likeness (QED) is 0.429. The first-order valence-corrected chi connectivity index (χ1v) is 10.5. The molecule has 0 saturated carbocycles. The predicted octanol–water partition coefficient (Wildman–Crippen LogP) is 4.63. The van der Waals surface area contributed by atoms with Crippen LogP contribution in [-0.4, -0.2) is 35.2 Å². The summed E-state index contributed by atoms with van der Waals surface area (Å²) in [4.78, 5) is 37.1. The van der Waals surface area contributed by atoms with Crippen molar-refractivity contribution in [2.45, 2.75) is 13.5 Å². The number of benzene rings is 2. The van der Waals surface area contributed by atoms with Crippen LogP contribution in [0.4, 0.5) is 4.79 Å². The van der Waals surface area contributed by atoms with Gasteiger partial charge < -0.3 is 9.47 Å². The van der Waals surface area contributed by atoms with Gasteiger partial charge in [0.1, 0.15) is 18.9 Å². The summed E-state index contributed by atoms with van der Waals surface area (Å²) >= 11 is 4.20. The minimum Gasteiger partial charge on any atom is -0.489 e. The van der Waals surface area contributed by atoms with Gasteiger partial charge in [-0.15, -0.1) is 0 Å². The average Bonchev–Trinajstić information content (AvgIpc) is 2.96. The first-order chi connectivity index (χ1) is 14.0. The average molecular weight is 476 g/mol. The molecule has 0 aliphatic carbocycles. The van der Waals surface area contributed by atoms with E-state index in [2.05, 4.69) is 15.9 Å². The number of thioether (sulfide) groups is 1. The molecular formula is C21H18BrNO5S. The number of amides is 2. The van der Waals surface area contributed by atoms with E-state index in [9.17, 15) is 14.4 Å². The van der Waals surface area contributed by atoms with Gasteiger partial charge in [-0.05, 0) is 60.2 Å². The third-order valence-electron chi connectivity index (χ3n) is 3.96. The molecule has 2 aromatic carbocycles. The van der Waals surface area contributed by atoms with Gasteiger partial charge in [0.25, 0.3) is 11.1 Å². The number of ether oxygens (including phenoxy) is 2.